The Morgan fingerprint density at radius 1 is 1.03 bits per heavy atom. The van der Waals surface area contributed by atoms with Crippen molar-refractivity contribution in [2.75, 3.05) is 11.5 Å². The molecule has 8 N–H and O–H groups in total. The second-order valence-corrected chi connectivity index (χ2v) is 9.21. The molecule has 3 saturated carbocycles. The summed E-state index contributed by atoms with van der Waals surface area (Å²) in [6, 6.07) is -1.21. The Morgan fingerprint density at radius 3 is 2.32 bits per heavy atom. The maximum Gasteiger partial charge on any atom is 0.326 e. The summed E-state index contributed by atoms with van der Waals surface area (Å²) in [6.45, 7) is 0.461. The largest absolute Gasteiger partial charge is 0.481 e. The van der Waals surface area contributed by atoms with Crippen LogP contribution in [0.5, 0.6) is 0 Å². The van der Waals surface area contributed by atoms with Gasteiger partial charge in [0.1, 0.15) is 6.04 Å². The third kappa shape index (κ3) is 4.69. The van der Waals surface area contributed by atoms with Gasteiger partial charge in [0.05, 0.1) is 11.9 Å². The van der Waals surface area contributed by atoms with E-state index in [9.17, 15) is 19.5 Å². The molecule has 2 aromatic rings. The molecule has 3 aliphatic carbocycles. The number of nitrogens with two attached hydrogens (primary N) is 2. The van der Waals surface area contributed by atoms with Crippen molar-refractivity contribution in [1.82, 2.24) is 30.6 Å². The maximum absolute atomic E-state index is 13.0. The van der Waals surface area contributed by atoms with Crippen molar-refractivity contribution in [1.29, 1.82) is 0 Å². The van der Waals surface area contributed by atoms with Gasteiger partial charge < -0.3 is 32.3 Å². The number of hydrogen-bond donors (Lipinski definition) is 6. The second kappa shape index (κ2) is 8.97. The highest BCUT2D eigenvalue weighted by Gasteiger charge is 2.52. The van der Waals surface area contributed by atoms with Gasteiger partial charge in [0, 0.05) is 23.9 Å². The van der Waals surface area contributed by atoms with Gasteiger partial charge in [-0.15, -0.1) is 0 Å². The number of carbonyl (C=O) groups is 3. The highest BCUT2D eigenvalue weighted by atomic mass is 16.4. The van der Waals surface area contributed by atoms with E-state index in [1.807, 2.05) is 0 Å². The van der Waals surface area contributed by atoms with Crippen LogP contribution < -0.4 is 22.1 Å². The number of nitrogen functional groups attached to an aromatic ring is 2. The van der Waals surface area contributed by atoms with E-state index < -0.39 is 23.4 Å². The summed E-state index contributed by atoms with van der Waals surface area (Å²) in [4.78, 5) is 52.0. The Labute approximate surface area is 194 Å². The first-order valence-electron chi connectivity index (χ1n) is 11.2. The smallest absolute Gasteiger partial charge is 0.326 e. The van der Waals surface area contributed by atoms with Crippen LogP contribution in [0.3, 0.4) is 0 Å². The van der Waals surface area contributed by atoms with Crippen LogP contribution in [-0.2, 0) is 20.9 Å². The van der Waals surface area contributed by atoms with Gasteiger partial charge in [0.2, 0.25) is 11.9 Å². The topological polar surface area (TPSA) is 219 Å². The molecule has 0 spiro atoms. The van der Waals surface area contributed by atoms with Gasteiger partial charge >= 0.3 is 11.9 Å². The van der Waals surface area contributed by atoms with Crippen LogP contribution >= 0.6 is 0 Å². The van der Waals surface area contributed by atoms with Crippen molar-refractivity contribution >= 4 is 40.8 Å². The summed E-state index contributed by atoms with van der Waals surface area (Å²) in [5, 5.41) is 24.4. The van der Waals surface area contributed by atoms with Gasteiger partial charge in [-0.25, -0.2) is 14.8 Å². The predicted octanol–water partition coefficient (Wildman–Crippen LogP) is 0.201. The fourth-order valence-electron chi connectivity index (χ4n) is 4.97. The van der Waals surface area contributed by atoms with E-state index in [1.54, 1.807) is 6.20 Å². The molecule has 0 saturated heterocycles. The third-order valence-corrected chi connectivity index (χ3v) is 7.12. The molecule has 2 bridgehead atoms. The minimum atomic E-state index is -1.22. The molecule has 1 atom stereocenters. The van der Waals surface area contributed by atoms with E-state index in [-0.39, 0.29) is 36.1 Å². The average Bonchev–Trinajstić information content (AvgIpc) is 2.81. The van der Waals surface area contributed by atoms with Crippen LogP contribution in [0, 0.1) is 5.41 Å². The Bertz CT molecular complexity index is 1120. The third-order valence-electron chi connectivity index (χ3n) is 7.12. The van der Waals surface area contributed by atoms with Gasteiger partial charge in [-0.2, -0.15) is 9.97 Å². The normalized spacial score (nSPS) is 24.6. The fraction of sp³-hybridized carbons (Fsp3) is 0.571. The number of fused-ring (bicyclic) bond motifs is 4. The Hall–Kier alpha value is -3.61. The highest BCUT2D eigenvalue weighted by Crippen LogP contribution is 2.52. The number of anilines is 2. The minimum absolute atomic E-state index is 0.0394. The molecule has 3 aliphatic rings. The lowest BCUT2D eigenvalue weighted by Gasteiger charge is -2.53. The standard InChI is InChI=1S/C21H28N8O5/c22-15-14-16(29-19(23)28-15)24-9-11(26-14)10-25-21-6-3-20(4-7-21,5-8-21)18(34)27-12(17(32)33)1-2-13(30)31/h9,12,25H,1-8,10H2,(H,27,34)(H,30,31)(H,32,33)(H4,22,23,24,28,29)/t12-,20?,21?/m0/s1. The molecule has 2 heterocycles. The van der Waals surface area contributed by atoms with Crippen molar-refractivity contribution in [2.24, 2.45) is 5.41 Å². The first-order valence-corrected chi connectivity index (χ1v) is 11.2. The number of rotatable bonds is 9. The van der Waals surface area contributed by atoms with Gasteiger partial charge in [-0.3, -0.25) is 9.59 Å². The molecule has 5 rings (SSSR count). The first kappa shape index (κ1) is 23.5. The lowest BCUT2D eigenvalue weighted by atomic mass is 9.57. The monoisotopic (exact) mass is 472 g/mol. The Balaban J connectivity index is 1.37. The number of hydrogen-bond acceptors (Lipinski definition) is 10. The van der Waals surface area contributed by atoms with E-state index in [4.69, 9.17) is 16.6 Å². The summed E-state index contributed by atoms with van der Waals surface area (Å²) < 4.78 is 0. The predicted molar refractivity (Wildman–Crippen MR) is 120 cm³/mol. The quantitative estimate of drug-likeness (QED) is 0.288. The van der Waals surface area contributed by atoms with E-state index >= 15 is 0 Å². The van der Waals surface area contributed by atoms with E-state index in [2.05, 4.69) is 30.6 Å². The first-order chi connectivity index (χ1) is 16.1. The number of carbonyl (C=O) groups excluding carboxylic acids is 1. The molecule has 13 heteroatoms. The molecule has 0 unspecified atom stereocenters. The molecule has 0 aromatic carbocycles. The van der Waals surface area contributed by atoms with Gasteiger partial charge in [0.15, 0.2) is 17.0 Å². The van der Waals surface area contributed by atoms with Crippen LogP contribution in [0.1, 0.15) is 57.1 Å². The molecule has 34 heavy (non-hydrogen) atoms. The van der Waals surface area contributed by atoms with Crippen LogP contribution in [-0.4, -0.2) is 59.6 Å². The summed E-state index contributed by atoms with van der Waals surface area (Å²) in [5.74, 6) is -2.41. The zero-order valence-corrected chi connectivity index (χ0v) is 18.6. The molecule has 3 fully saturated rings. The number of nitrogens with one attached hydrogen (secondary N) is 2. The number of carboxylic acids is 2. The van der Waals surface area contributed by atoms with E-state index in [0.29, 0.717) is 42.7 Å². The van der Waals surface area contributed by atoms with Crippen LogP contribution in [0.2, 0.25) is 0 Å². The zero-order valence-electron chi connectivity index (χ0n) is 18.6. The summed E-state index contributed by atoms with van der Waals surface area (Å²) in [5.41, 5.74) is 12.1. The lowest BCUT2D eigenvalue weighted by molar-refractivity contribution is -0.147. The SMILES string of the molecule is Nc1nc(N)c2nc(CNC34CCC(C(=O)N[C@@H](CCC(=O)O)C(=O)O)(CC3)CC4)cnc2n1. The highest BCUT2D eigenvalue weighted by molar-refractivity contribution is 5.88. The molecule has 1 amide bonds. The van der Waals surface area contributed by atoms with E-state index in [1.165, 1.54) is 0 Å². The molecule has 2 aromatic heterocycles. The van der Waals surface area contributed by atoms with Gasteiger partial charge in [-0.05, 0) is 44.9 Å². The number of amides is 1. The molecule has 0 aliphatic heterocycles. The zero-order chi connectivity index (χ0) is 24.5. The number of aliphatic carboxylic acids is 2. The van der Waals surface area contributed by atoms with Crippen molar-refractivity contribution in [3.05, 3.63) is 11.9 Å². The van der Waals surface area contributed by atoms with Gasteiger partial charge in [-0.1, -0.05) is 0 Å². The van der Waals surface area contributed by atoms with Crippen molar-refractivity contribution in [3.63, 3.8) is 0 Å². The van der Waals surface area contributed by atoms with Crippen LogP contribution in [0.4, 0.5) is 11.8 Å². The summed E-state index contributed by atoms with van der Waals surface area (Å²) in [7, 11) is 0. The van der Waals surface area contributed by atoms with Crippen molar-refractivity contribution < 1.29 is 24.6 Å². The molecular formula is C21H28N8O5. The summed E-state index contributed by atoms with van der Waals surface area (Å²) >= 11 is 0. The second-order valence-electron chi connectivity index (χ2n) is 9.21. The summed E-state index contributed by atoms with van der Waals surface area (Å²) in [6.07, 6.45) is 5.31. The van der Waals surface area contributed by atoms with Crippen molar-refractivity contribution in [3.8, 4) is 0 Å². The minimum Gasteiger partial charge on any atom is -0.481 e. The van der Waals surface area contributed by atoms with Crippen LogP contribution in [0.25, 0.3) is 11.2 Å². The van der Waals surface area contributed by atoms with Crippen LogP contribution in [0.15, 0.2) is 6.20 Å². The molecular weight excluding hydrogens is 444 g/mol. The Morgan fingerprint density at radius 2 is 1.71 bits per heavy atom. The van der Waals surface area contributed by atoms with E-state index in [0.717, 1.165) is 19.3 Å². The molecule has 0 radical (unpaired) electrons. The average molecular weight is 473 g/mol. The number of carboxylic acid groups (broad SMARTS) is 2. The number of nitrogens with zero attached hydrogens (tertiary/aromatic N) is 4. The fourth-order valence-corrected chi connectivity index (χ4v) is 4.97. The van der Waals surface area contributed by atoms with Gasteiger partial charge in [0.25, 0.3) is 0 Å². The molecule has 13 nitrogen and oxygen atoms in total. The Kier molecular flexibility index (Phi) is 6.21. The number of aromatic nitrogens is 4. The van der Waals surface area contributed by atoms with Crippen molar-refractivity contribution in [2.45, 2.75) is 69.5 Å². The maximum atomic E-state index is 13.0. The molecule has 182 valence electrons. The lowest BCUT2D eigenvalue weighted by Crippen LogP contribution is -2.59.